The molecule has 0 atom stereocenters. The molecule has 0 heterocycles. The average molecular weight is 428 g/mol. The van der Waals surface area contributed by atoms with Gasteiger partial charge in [-0.2, -0.15) is 0 Å². The SMILES string of the molecule is CN(C)S(=O)(=O)c1ccc(C(=O)OCCOc2cccc(Br)c2)cc1. The molecule has 134 valence electrons. The van der Waals surface area contributed by atoms with E-state index in [1.54, 1.807) is 6.07 Å². The van der Waals surface area contributed by atoms with Crippen LogP contribution in [0.4, 0.5) is 0 Å². The fourth-order valence-corrected chi connectivity index (χ4v) is 3.19. The monoisotopic (exact) mass is 427 g/mol. The standard InChI is InChI=1S/C17H18BrNO5S/c1-19(2)25(21,22)16-8-6-13(7-9-16)17(20)24-11-10-23-15-5-3-4-14(18)12-15/h3-9,12H,10-11H2,1-2H3. The van der Waals surface area contributed by atoms with E-state index in [1.165, 1.54) is 38.4 Å². The van der Waals surface area contributed by atoms with Gasteiger partial charge in [0.05, 0.1) is 10.5 Å². The van der Waals surface area contributed by atoms with Crippen molar-refractivity contribution < 1.29 is 22.7 Å². The molecule has 2 aromatic carbocycles. The third-order valence-electron chi connectivity index (χ3n) is 3.25. The van der Waals surface area contributed by atoms with Gasteiger partial charge >= 0.3 is 5.97 Å². The summed E-state index contributed by atoms with van der Waals surface area (Å²) in [5.41, 5.74) is 0.278. The zero-order valence-electron chi connectivity index (χ0n) is 13.8. The number of benzene rings is 2. The van der Waals surface area contributed by atoms with Crippen molar-refractivity contribution in [3.05, 3.63) is 58.6 Å². The quantitative estimate of drug-likeness (QED) is 0.501. The van der Waals surface area contributed by atoms with Crippen molar-refractivity contribution in [1.82, 2.24) is 4.31 Å². The average Bonchev–Trinajstić information content (AvgIpc) is 2.58. The second kappa shape index (κ2) is 8.46. The Morgan fingerprint density at radius 1 is 1.08 bits per heavy atom. The highest BCUT2D eigenvalue weighted by atomic mass is 79.9. The van der Waals surface area contributed by atoms with Crippen LogP contribution >= 0.6 is 15.9 Å². The van der Waals surface area contributed by atoms with Gasteiger partial charge in [-0.15, -0.1) is 0 Å². The van der Waals surface area contributed by atoms with Crippen molar-refractivity contribution in [2.24, 2.45) is 0 Å². The highest BCUT2D eigenvalue weighted by molar-refractivity contribution is 9.10. The van der Waals surface area contributed by atoms with Crippen molar-refractivity contribution in [3.63, 3.8) is 0 Å². The maximum absolute atomic E-state index is 12.0. The van der Waals surface area contributed by atoms with Crippen LogP contribution in [0.1, 0.15) is 10.4 Å². The molecule has 0 aliphatic rings. The summed E-state index contributed by atoms with van der Waals surface area (Å²) in [4.78, 5) is 12.1. The summed E-state index contributed by atoms with van der Waals surface area (Å²) in [6.07, 6.45) is 0. The molecule has 0 spiro atoms. The molecule has 0 unspecified atom stereocenters. The Balaban J connectivity index is 1.87. The lowest BCUT2D eigenvalue weighted by atomic mass is 10.2. The van der Waals surface area contributed by atoms with Crippen LogP contribution in [0.2, 0.25) is 0 Å². The highest BCUT2D eigenvalue weighted by Gasteiger charge is 2.17. The van der Waals surface area contributed by atoms with Crippen molar-refractivity contribution in [1.29, 1.82) is 0 Å². The summed E-state index contributed by atoms with van der Waals surface area (Å²) in [6.45, 7) is 0.304. The zero-order chi connectivity index (χ0) is 18.4. The molecule has 6 nitrogen and oxygen atoms in total. The molecule has 0 saturated heterocycles. The topological polar surface area (TPSA) is 72.9 Å². The van der Waals surface area contributed by atoms with Gasteiger partial charge in [-0.25, -0.2) is 17.5 Å². The minimum absolute atomic E-state index is 0.0864. The molecule has 8 heteroatoms. The normalized spacial score (nSPS) is 11.4. The number of sulfonamides is 1. The Morgan fingerprint density at radius 2 is 1.76 bits per heavy atom. The molecule has 0 radical (unpaired) electrons. The third-order valence-corrected chi connectivity index (χ3v) is 5.57. The lowest BCUT2D eigenvalue weighted by Gasteiger charge is -2.11. The van der Waals surface area contributed by atoms with Gasteiger partial charge in [-0.3, -0.25) is 0 Å². The molecule has 0 bridgehead atoms. The summed E-state index contributed by atoms with van der Waals surface area (Å²) < 4.78 is 36.5. The van der Waals surface area contributed by atoms with Gasteiger partial charge in [-0.1, -0.05) is 22.0 Å². The van der Waals surface area contributed by atoms with Gasteiger partial charge < -0.3 is 9.47 Å². The van der Waals surface area contributed by atoms with Gasteiger partial charge in [0.25, 0.3) is 0 Å². The van der Waals surface area contributed by atoms with Crippen LogP contribution in [0.3, 0.4) is 0 Å². The van der Waals surface area contributed by atoms with Crippen LogP contribution in [0, 0.1) is 0 Å². The first kappa shape index (κ1) is 19.4. The van der Waals surface area contributed by atoms with Crippen molar-refractivity contribution in [3.8, 4) is 5.75 Å². The maximum Gasteiger partial charge on any atom is 0.338 e. The fraction of sp³-hybridized carbons (Fsp3) is 0.235. The van der Waals surface area contributed by atoms with Crippen LogP contribution in [0.25, 0.3) is 0 Å². The lowest BCUT2D eigenvalue weighted by Crippen LogP contribution is -2.22. The molecule has 0 fully saturated rings. The van der Waals surface area contributed by atoms with Gasteiger partial charge in [0.1, 0.15) is 19.0 Å². The van der Waals surface area contributed by atoms with E-state index in [-0.39, 0.29) is 23.7 Å². The summed E-state index contributed by atoms with van der Waals surface area (Å²) in [5.74, 6) is 0.135. The Kier molecular flexibility index (Phi) is 6.57. The molecule has 2 aromatic rings. The molecule has 0 N–H and O–H groups in total. The molecule has 0 aliphatic heterocycles. The van der Waals surface area contributed by atoms with E-state index in [0.29, 0.717) is 5.75 Å². The van der Waals surface area contributed by atoms with E-state index in [1.807, 2.05) is 18.2 Å². The van der Waals surface area contributed by atoms with Crippen molar-refractivity contribution >= 4 is 31.9 Å². The van der Waals surface area contributed by atoms with E-state index < -0.39 is 16.0 Å². The number of hydrogen-bond acceptors (Lipinski definition) is 5. The van der Waals surface area contributed by atoms with Gasteiger partial charge in [0.2, 0.25) is 10.0 Å². The Labute approximate surface area is 155 Å². The molecule has 0 aromatic heterocycles. The minimum Gasteiger partial charge on any atom is -0.490 e. The van der Waals surface area contributed by atoms with Crippen molar-refractivity contribution in [2.45, 2.75) is 4.90 Å². The van der Waals surface area contributed by atoms with Crippen LogP contribution in [0.15, 0.2) is 57.9 Å². The number of nitrogens with zero attached hydrogens (tertiary/aromatic N) is 1. The Bertz CT molecular complexity index is 834. The first-order chi connectivity index (χ1) is 11.8. The van der Waals surface area contributed by atoms with Gasteiger partial charge in [0.15, 0.2) is 0 Å². The van der Waals surface area contributed by atoms with E-state index in [4.69, 9.17) is 9.47 Å². The molecular weight excluding hydrogens is 410 g/mol. The largest absolute Gasteiger partial charge is 0.490 e. The Hall–Kier alpha value is -1.90. The summed E-state index contributed by atoms with van der Waals surface area (Å²) in [6, 6.07) is 12.9. The lowest BCUT2D eigenvalue weighted by molar-refractivity contribution is 0.0450. The van der Waals surface area contributed by atoms with Crippen LogP contribution in [0.5, 0.6) is 5.75 Å². The molecule has 0 aliphatic carbocycles. The highest BCUT2D eigenvalue weighted by Crippen LogP contribution is 2.18. The molecular formula is C17H18BrNO5S. The van der Waals surface area contributed by atoms with Crippen LogP contribution < -0.4 is 4.74 Å². The number of carbonyl (C=O) groups excluding carboxylic acids is 1. The molecule has 25 heavy (non-hydrogen) atoms. The second-order valence-corrected chi connectivity index (χ2v) is 8.32. The number of halogens is 1. The van der Waals surface area contributed by atoms with E-state index in [2.05, 4.69) is 15.9 Å². The third kappa shape index (κ3) is 5.29. The fourth-order valence-electron chi connectivity index (χ4n) is 1.91. The first-order valence-electron chi connectivity index (χ1n) is 7.39. The number of rotatable bonds is 7. The minimum atomic E-state index is -3.52. The predicted octanol–water partition coefficient (Wildman–Crippen LogP) is 2.94. The van der Waals surface area contributed by atoms with E-state index in [9.17, 15) is 13.2 Å². The summed E-state index contributed by atoms with van der Waals surface area (Å²) in [7, 11) is -0.623. The summed E-state index contributed by atoms with van der Waals surface area (Å²) in [5, 5.41) is 0. The number of ether oxygens (including phenoxy) is 2. The number of hydrogen-bond donors (Lipinski definition) is 0. The second-order valence-electron chi connectivity index (χ2n) is 5.25. The van der Waals surface area contributed by atoms with E-state index >= 15 is 0 Å². The number of esters is 1. The maximum atomic E-state index is 12.0. The Morgan fingerprint density at radius 3 is 2.36 bits per heavy atom. The van der Waals surface area contributed by atoms with Gasteiger partial charge in [0, 0.05) is 18.6 Å². The van der Waals surface area contributed by atoms with Gasteiger partial charge in [-0.05, 0) is 42.5 Å². The number of carbonyl (C=O) groups is 1. The molecule has 0 saturated carbocycles. The molecule has 2 rings (SSSR count). The van der Waals surface area contributed by atoms with Crippen molar-refractivity contribution in [2.75, 3.05) is 27.3 Å². The first-order valence-corrected chi connectivity index (χ1v) is 9.62. The summed E-state index contributed by atoms with van der Waals surface area (Å²) >= 11 is 3.34. The van der Waals surface area contributed by atoms with E-state index in [0.717, 1.165) is 8.78 Å². The smallest absolute Gasteiger partial charge is 0.338 e. The predicted molar refractivity (Wildman–Crippen MR) is 97.2 cm³/mol. The molecule has 0 amide bonds. The van der Waals surface area contributed by atoms with Crippen LogP contribution in [-0.2, 0) is 14.8 Å². The van der Waals surface area contributed by atoms with Crippen LogP contribution in [-0.4, -0.2) is 46.0 Å². The zero-order valence-corrected chi connectivity index (χ0v) is 16.2.